The van der Waals surface area contributed by atoms with E-state index in [-0.39, 0.29) is 30.0 Å². The van der Waals surface area contributed by atoms with Gasteiger partial charge in [0.05, 0.1) is 12.0 Å². The van der Waals surface area contributed by atoms with Gasteiger partial charge < -0.3 is 9.32 Å². The van der Waals surface area contributed by atoms with Crippen molar-refractivity contribution in [3.05, 3.63) is 24.2 Å². The van der Waals surface area contributed by atoms with Crippen LogP contribution in [0.5, 0.6) is 0 Å². The quantitative estimate of drug-likeness (QED) is 0.752. The molecule has 1 aromatic heterocycles. The fourth-order valence-corrected chi connectivity index (χ4v) is 3.91. The van der Waals surface area contributed by atoms with Crippen LogP contribution in [0.1, 0.15) is 25.5 Å². The zero-order chi connectivity index (χ0) is 14.8. The Morgan fingerprint density at radius 1 is 1.55 bits per heavy atom. The fourth-order valence-electron chi connectivity index (χ4n) is 2.59. The van der Waals surface area contributed by atoms with E-state index in [1.807, 2.05) is 19.1 Å². The number of likely N-dealkylation sites (tertiary alicyclic amines) is 1. The third kappa shape index (κ3) is 4.24. The lowest BCUT2D eigenvalue weighted by Gasteiger charge is -2.24. The molecule has 0 aliphatic carbocycles. The van der Waals surface area contributed by atoms with Gasteiger partial charge in [-0.25, -0.2) is 8.42 Å². The predicted octanol–water partition coefficient (Wildman–Crippen LogP) is 2.02. The van der Waals surface area contributed by atoms with Gasteiger partial charge in [0.15, 0.2) is 0 Å². The van der Waals surface area contributed by atoms with E-state index >= 15 is 0 Å². The highest BCUT2D eigenvalue weighted by Gasteiger charge is 2.34. The molecule has 1 fully saturated rings. The molecule has 5 nitrogen and oxygen atoms in total. The lowest BCUT2D eigenvalue weighted by molar-refractivity contribution is -0.129. The summed E-state index contributed by atoms with van der Waals surface area (Å²) in [7, 11) is 1.70. The second-order valence-corrected chi connectivity index (χ2v) is 8.11. The first kappa shape index (κ1) is 15.4. The van der Waals surface area contributed by atoms with Crippen LogP contribution in [0.4, 0.5) is 0 Å². The maximum absolute atomic E-state index is 11.9. The topological polar surface area (TPSA) is 67.6 Å². The van der Waals surface area contributed by atoms with Crippen LogP contribution in [0.2, 0.25) is 0 Å². The molecule has 0 saturated carbocycles. The zero-order valence-corrected chi connectivity index (χ0v) is 12.9. The van der Waals surface area contributed by atoms with Crippen molar-refractivity contribution < 1.29 is 17.6 Å². The second-order valence-electron chi connectivity index (χ2n) is 5.29. The molecular weight excluding hydrogens is 302 g/mol. The summed E-state index contributed by atoms with van der Waals surface area (Å²) >= 11 is 0. The van der Waals surface area contributed by atoms with Gasteiger partial charge in [0.25, 0.3) is 0 Å². The summed E-state index contributed by atoms with van der Waals surface area (Å²) in [4.78, 5) is 13.7. The molecule has 20 heavy (non-hydrogen) atoms. The fraction of sp³-hybridized carbons (Fsp3) is 0.615. The van der Waals surface area contributed by atoms with E-state index in [2.05, 4.69) is 0 Å². The molecule has 0 aromatic carbocycles. The molecule has 0 bridgehead atoms. The van der Waals surface area contributed by atoms with Crippen LogP contribution >= 0.6 is 10.7 Å². The van der Waals surface area contributed by atoms with Crippen molar-refractivity contribution in [1.29, 1.82) is 0 Å². The van der Waals surface area contributed by atoms with Gasteiger partial charge in [-0.15, -0.1) is 0 Å². The highest BCUT2D eigenvalue weighted by atomic mass is 35.7. The number of carbonyl (C=O) groups is 1. The lowest BCUT2D eigenvalue weighted by Crippen LogP contribution is -2.35. The number of amides is 1. The summed E-state index contributed by atoms with van der Waals surface area (Å²) in [6, 6.07) is 3.81. The Morgan fingerprint density at radius 3 is 2.90 bits per heavy atom. The molecule has 1 saturated heterocycles. The molecule has 1 amide bonds. The van der Waals surface area contributed by atoms with Gasteiger partial charge >= 0.3 is 0 Å². The van der Waals surface area contributed by atoms with Crippen LogP contribution in [0, 0.1) is 5.92 Å². The molecule has 0 radical (unpaired) electrons. The summed E-state index contributed by atoms with van der Waals surface area (Å²) in [6.07, 6.45) is 3.44. The predicted molar refractivity (Wildman–Crippen MR) is 76.0 cm³/mol. The van der Waals surface area contributed by atoms with Crippen LogP contribution < -0.4 is 0 Å². The van der Waals surface area contributed by atoms with Crippen LogP contribution in [-0.4, -0.2) is 37.6 Å². The molecule has 112 valence electrons. The highest BCUT2D eigenvalue weighted by molar-refractivity contribution is 8.13. The molecule has 0 spiro atoms. The molecule has 2 rings (SSSR count). The molecular formula is C13H18ClNO4S. The normalized spacial score (nSPS) is 21.4. The Balaban J connectivity index is 1.87. The van der Waals surface area contributed by atoms with Crippen LogP contribution in [0.15, 0.2) is 22.8 Å². The van der Waals surface area contributed by atoms with Crippen molar-refractivity contribution >= 4 is 25.6 Å². The molecule has 1 aliphatic heterocycles. The van der Waals surface area contributed by atoms with Gasteiger partial charge in [-0.1, -0.05) is 0 Å². The highest BCUT2D eigenvalue weighted by Crippen LogP contribution is 2.24. The Hall–Kier alpha value is -1.01. The molecule has 2 heterocycles. The minimum absolute atomic E-state index is 0.00209. The summed E-state index contributed by atoms with van der Waals surface area (Å²) in [5.74, 6) is 0.559. The van der Waals surface area contributed by atoms with Gasteiger partial charge in [0, 0.05) is 42.0 Å². The average molecular weight is 320 g/mol. The number of carbonyl (C=O) groups excluding carboxylic acids is 1. The monoisotopic (exact) mass is 319 g/mol. The summed E-state index contributed by atoms with van der Waals surface area (Å²) in [5, 5.41) is 0. The standard InChI is InChI=1S/C13H18ClNO4S/c1-10(4-5-12-3-2-6-19-12)15-8-11(7-13(15)16)9-20(14,17)18/h2-3,6,10-11H,4-5,7-9H2,1H3. The largest absolute Gasteiger partial charge is 0.469 e. The Morgan fingerprint density at radius 2 is 2.30 bits per heavy atom. The minimum atomic E-state index is -3.55. The van der Waals surface area contributed by atoms with Gasteiger partial charge in [0.1, 0.15) is 5.76 Å². The maximum atomic E-state index is 11.9. The van der Waals surface area contributed by atoms with Crippen molar-refractivity contribution in [1.82, 2.24) is 4.90 Å². The van der Waals surface area contributed by atoms with Crippen molar-refractivity contribution in [2.45, 2.75) is 32.2 Å². The molecule has 7 heteroatoms. The van der Waals surface area contributed by atoms with Crippen molar-refractivity contribution in [3.8, 4) is 0 Å². The molecule has 0 N–H and O–H groups in total. The van der Waals surface area contributed by atoms with Crippen molar-refractivity contribution in [3.63, 3.8) is 0 Å². The van der Waals surface area contributed by atoms with E-state index < -0.39 is 9.05 Å². The first-order chi connectivity index (χ1) is 9.35. The first-order valence-electron chi connectivity index (χ1n) is 6.59. The number of halogens is 1. The smallest absolute Gasteiger partial charge is 0.232 e. The minimum Gasteiger partial charge on any atom is -0.469 e. The SMILES string of the molecule is CC(CCc1ccco1)N1CC(CS(=O)(=O)Cl)CC1=O. The van der Waals surface area contributed by atoms with E-state index in [0.29, 0.717) is 6.54 Å². The summed E-state index contributed by atoms with van der Waals surface area (Å²) in [6.45, 7) is 2.43. The van der Waals surface area contributed by atoms with E-state index in [1.165, 1.54) is 0 Å². The van der Waals surface area contributed by atoms with Crippen LogP contribution in [0.3, 0.4) is 0 Å². The maximum Gasteiger partial charge on any atom is 0.232 e. The summed E-state index contributed by atoms with van der Waals surface area (Å²) in [5.41, 5.74) is 0. The van der Waals surface area contributed by atoms with Crippen molar-refractivity contribution in [2.75, 3.05) is 12.3 Å². The number of rotatable bonds is 6. The van der Waals surface area contributed by atoms with Crippen LogP contribution in [0.25, 0.3) is 0 Å². The number of hydrogen-bond donors (Lipinski definition) is 0. The molecule has 1 aromatic rings. The van der Waals surface area contributed by atoms with E-state index in [0.717, 1.165) is 18.6 Å². The first-order valence-corrected chi connectivity index (χ1v) is 9.07. The second kappa shape index (κ2) is 6.18. The van der Waals surface area contributed by atoms with Crippen molar-refractivity contribution in [2.24, 2.45) is 5.92 Å². The average Bonchev–Trinajstić information content (AvgIpc) is 2.93. The van der Waals surface area contributed by atoms with Gasteiger partial charge in [-0.2, -0.15) is 0 Å². The van der Waals surface area contributed by atoms with Gasteiger partial charge in [-0.3, -0.25) is 4.79 Å². The molecule has 1 aliphatic rings. The Kier molecular flexibility index (Phi) is 4.75. The van der Waals surface area contributed by atoms with E-state index in [9.17, 15) is 13.2 Å². The molecule has 2 unspecified atom stereocenters. The van der Waals surface area contributed by atoms with E-state index in [1.54, 1.807) is 11.2 Å². The number of furan rings is 1. The lowest BCUT2D eigenvalue weighted by atomic mass is 10.1. The van der Waals surface area contributed by atoms with E-state index in [4.69, 9.17) is 15.1 Å². The summed E-state index contributed by atoms with van der Waals surface area (Å²) < 4.78 is 27.4. The number of nitrogens with zero attached hydrogens (tertiary/aromatic N) is 1. The van der Waals surface area contributed by atoms with Gasteiger partial charge in [0.2, 0.25) is 15.0 Å². The zero-order valence-electron chi connectivity index (χ0n) is 11.3. The van der Waals surface area contributed by atoms with Crippen LogP contribution in [-0.2, 0) is 20.3 Å². The third-order valence-corrected chi connectivity index (χ3v) is 4.84. The molecule has 2 atom stereocenters. The third-order valence-electron chi connectivity index (χ3n) is 3.59. The number of aryl methyl sites for hydroxylation is 1. The van der Waals surface area contributed by atoms with Gasteiger partial charge in [-0.05, 0) is 25.5 Å². The Bertz CT molecular complexity index is 555. The number of hydrogen-bond acceptors (Lipinski definition) is 4. The Labute approximate surface area is 123 Å².